The van der Waals surface area contributed by atoms with Crippen LogP contribution in [0.15, 0.2) is 16.7 Å². The minimum absolute atomic E-state index is 0.528. The van der Waals surface area contributed by atoms with E-state index in [4.69, 9.17) is 0 Å². The molecule has 0 saturated heterocycles. The van der Waals surface area contributed by atoms with Crippen molar-refractivity contribution < 1.29 is 0 Å². The van der Waals surface area contributed by atoms with Crippen LogP contribution < -0.4 is 4.90 Å². The maximum absolute atomic E-state index is 4.44. The lowest BCUT2D eigenvalue weighted by atomic mass is 10.2. The Labute approximate surface area is 111 Å². The van der Waals surface area contributed by atoms with Crippen molar-refractivity contribution in [2.24, 2.45) is 0 Å². The van der Waals surface area contributed by atoms with Crippen molar-refractivity contribution in [1.82, 2.24) is 4.98 Å². The summed E-state index contributed by atoms with van der Waals surface area (Å²) in [4.78, 5) is 6.69. The Bertz CT molecular complexity index is 344. The molecule has 0 N–H and O–H groups in total. The molecular formula is C12H19BrN2S. The monoisotopic (exact) mass is 302 g/mol. The van der Waals surface area contributed by atoms with E-state index in [-0.39, 0.29) is 0 Å². The molecule has 16 heavy (non-hydrogen) atoms. The van der Waals surface area contributed by atoms with E-state index < -0.39 is 0 Å². The SMILES string of the molecule is CSCCC(C)N(C)c1cc(C)c(Br)cn1. The van der Waals surface area contributed by atoms with E-state index in [1.807, 2.05) is 18.0 Å². The van der Waals surface area contributed by atoms with Crippen LogP contribution in [0.4, 0.5) is 5.82 Å². The molecular weight excluding hydrogens is 284 g/mol. The van der Waals surface area contributed by atoms with Crippen LogP contribution in [-0.2, 0) is 0 Å². The number of halogens is 1. The standard InChI is InChI=1S/C12H19BrN2S/c1-9-7-12(14-8-11(9)13)15(3)10(2)5-6-16-4/h7-8,10H,5-6H2,1-4H3. The van der Waals surface area contributed by atoms with Crippen LogP contribution in [0.1, 0.15) is 18.9 Å². The van der Waals surface area contributed by atoms with Gasteiger partial charge in [0.25, 0.3) is 0 Å². The summed E-state index contributed by atoms with van der Waals surface area (Å²) in [7, 11) is 2.11. The molecule has 0 aliphatic rings. The number of anilines is 1. The van der Waals surface area contributed by atoms with Crippen molar-refractivity contribution in [3.63, 3.8) is 0 Å². The number of aryl methyl sites for hydroxylation is 1. The number of thioether (sulfide) groups is 1. The zero-order valence-electron chi connectivity index (χ0n) is 10.3. The predicted octanol–water partition coefficient (Wildman–Crippen LogP) is 3.73. The third-order valence-electron chi connectivity index (χ3n) is 2.79. The molecule has 0 aliphatic heterocycles. The van der Waals surface area contributed by atoms with E-state index in [0.29, 0.717) is 6.04 Å². The second-order valence-corrected chi connectivity index (χ2v) is 5.87. The average Bonchev–Trinajstić information content (AvgIpc) is 2.28. The smallest absolute Gasteiger partial charge is 0.128 e. The minimum Gasteiger partial charge on any atom is -0.357 e. The lowest BCUT2D eigenvalue weighted by Gasteiger charge is -2.26. The Hall–Kier alpha value is -0.220. The molecule has 0 fully saturated rings. The summed E-state index contributed by atoms with van der Waals surface area (Å²) in [5.74, 6) is 2.25. The van der Waals surface area contributed by atoms with Gasteiger partial charge in [-0.1, -0.05) is 0 Å². The molecule has 0 aromatic carbocycles. The molecule has 4 heteroatoms. The Morgan fingerprint density at radius 2 is 2.25 bits per heavy atom. The van der Waals surface area contributed by atoms with Crippen molar-refractivity contribution in [1.29, 1.82) is 0 Å². The molecule has 1 rings (SSSR count). The van der Waals surface area contributed by atoms with Gasteiger partial charge in [-0.3, -0.25) is 0 Å². The summed E-state index contributed by atoms with van der Waals surface area (Å²) < 4.78 is 1.07. The van der Waals surface area contributed by atoms with Gasteiger partial charge in [-0.15, -0.1) is 0 Å². The van der Waals surface area contributed by atoms with Gasteiger partial charge >= 0.3 is 0 Å². The number of rotatable bonds is 5. The van der Waals surface area contributed by atoms with Crippen LogP contribution >= 0.6 is 27.7 Å². The van der Waals surface area contributed by atoms with Crippen LogP contribution in [0.2, 0.25) is 0 Å². The van der Waals surface area contributed by atoms with Crippen LogP contribution in [0, 0.1) is 6.92 Å². The summed E-state index contributed by atoms with van der Waals surface area (Å²) >= 11 is 5.37. The van der Waals surface area contributed by atoms with E-state index in [0.717, 1.165) is 10.3 Å². The highest BCUT2D eigenvalue weighted by Gasteiger charge is 2.11. The van der Waals surface area contributed by atoms with Crippen LogP contribution in [0.5, 0.6) is 0 Å². The predicted molar refractivity (Wildman–Crippen MR) is 77.5 cm³/mol. The Morgan fingerprint density at radius 3 is 2.81 bits per heavy atom. The molecule has 0 aliphatic carbocycles. The van der Waals surface area contributed by atoms with Gasteiger partial charge in [0.2, 0.25) is 0 Å². The van der Waals surface area contributed by atoms with Crippen molar-refractivity contribution in [2.45, 2.75) is 26.3 Å². The van der Waals surface area contributed by atoms with Gasteiger partial charge in [0.1, 0.15) is 5.82 Å². The van der Waals surface area contributed by atoms with Crippen molar-refractivity contribution in [3.05, 3.63) is 22.3 Å². The highest BCUT2D eigenvalue weighted by Crippen LogP contribution is 2.21. The van der Waals surface area contributed by atoms with E-state index in [1.54, 1.807) is 0 Å². The molecule has 1 aromatic heterocycles. The molecule has 1 unspecified atom stereocenters. The van der Waals surface area contributed by atoms with Crippen molar-refractivity contribution in [2.75, 3.05) is 24.0 Å². The van der Waals surface area contributed by atoms with Gasteiger partial charge < -0.3 is 4.90 Å². The molecule has 1 atom stereocenters. The lowest BCUT2D eigenvalue weighted by molar-refractivity contribution is 0.662. The number of hydrogen-bond acceptors (Lipinski definition) is 3. The van der Waals surface area contributed by atoms with Crippen LogP contribution in [0.3, 0.4) is 0 Å². The van der Waals surface area contributed by atoms with Gasteiger partial charge in [0, 0.05) is 23.8 Å². The maximum Gasteiger partial charge on any atom is 0.128 e. The number of aromatic nitrogens is 1. The molecule has 0 bridgehead atoms. The summed E-state index contributed by atoms with van der Waals surface area (Å²) in [5, 5.41) is 0. The first-order valence-electron chi connectivity index (χ1n) is 5.40. The molecule has 0 radical (unpaired) electrons. The van der Waals surface area contributed by atoms with Gasteiger partial charge in [-0.05, 0) is 59.8 Å². The second-order valence-electron chi connectivity index (χ2n) is 4.03. The van der Waals surface area contributed by atoms with Gasteiger partial charge in [-0.2, -0.15) is 11.8 Å². The zero-order chi connectivity index (χ0) is 12.1. The fraction of sp³-hybridized carbons (Fsp3) is 0.583. The summed E-state index contributed by atoms with van der Waals surface area (Å²) in [5.41, 5.74) is 1.23. The number of pyridine rings is 1. The second kappa shape index (κ2) is 6.50. The van der Waals surface area contributed by atoms with Crippen LogP contribution in [-0.4, -0.2) is 30.1 Å². The first-order chi connectivity index (χ1) is 7.56. The fourth-order valence-corrected chi connectivity index (χ4v) is 2.22. The Kier molecular flexibility index (Phi) is 5.62. The first-order valence-corrected chi connectivity index (χ1v) is 7.59. The summed E-state index contributed by atoms with van der Waals surface area (Å²) in [6, 6.07) is 2.65. The first kappa shape index (κ1) is 13.8. The fourth-order valence-electron chi connectivity index (χ4n) is 1.43. The summed E-state index contributed by atoms with van der Waals surface area (Å²) in [6.07, 6.45) is 5.21. The normalized spacial score (nSPS) is 12.6. The van der Waals surface area contributed by atoms with Crippen LogP contribution in [0.25, 0.3) is 0 Å². The van der Waals surface area contributed by atoms with Gasteiger partial charge in [-0.25, -0.2) is 4.98 Å². The van der Waals surface area contributed by atoms with Crippen molar-refractivity contribution in [3.8, 4) is 0 Å². The highest BCUT2D eigenvalue weighted by molar-refractivity contribution is 9.10. The minimum atomic E-state index is 0.528. The molecule has 1 heterocycles. The third-order valence-corrected chi connectivity index (χ3v) is 4.27. The van der Waals surface area contributed by atoms with E-state index in [2.05, 4.69) is 59.0 Å². The largest absolute Gasteiger partial charge is 0.357 e. The molecule has 90 valence electrons. The Morgan fingerprint density at radius 1 is 1.56 bits per heavy atom. The highest BCUT2D eigenvalue weighted by atomic mass is 79.9. The lowest BCUT2D eigenvalue weighted by Crippen LogP contribution is -2.30. The van der Waals surface area contributed by atoms with E-state index >= 15 is 0 Å². The quantitative estimate of drug-likeness (QED) is 0.824. The molecule has 0 saturated carbocycles. The topological polar surface area (TPSA) is 16.1 Å². The molecule has 1 aromatic rings. The number of hydrogen-bond donors (Lipinski definition) is 0. The van der Waals surface area contributed by atoms with E-state index in [9.17, 15) is 0 Å². The summed E-state index contributed by atoms with van der Waals surface area (Å²) in [6.45, 7) is 4.34. The average molecular weight is 303 g/mol. The van der Waals surface area contributed by atoms with Crippen molar-refractivity contribution >= 4 is 33.5 Å². The molecule has 2 nitrogen and oxygen atoms in total. The van der Waals surface area contributed by atoms with Gasteiger partial charge in [0.05, 0.1) is 0 Å². The molecule has 0 spiro atoms. The van der Waals surface area contributed by atoms with E-state index in [1.165, 1.54) is 17.7 Å². The maximum atomic E-state index is 4.44. The van der Waals surface area contributed by atoms with Gasteiger partial charge in [0.15, 0.2) is 0 Å². The number of nitrogens with zero attached hydrogens (tertiary/aromatic N) is 2. The zero-order valence-corrected chi connectivity index (χ0v) is 12.7. The molecule has 0 amide bonds. The third kappa shape index (κ3) is 3.67. The Balaban J connectivity index is 2.71.